The molecule has 4 nitrogen and oxygen atoms in total. The number of rotatable bonds is 1. The highest BCUT2D eigenvalue weighted by molar-refractivity contribution is 5.90. The maximum Gasteiger partial charge on any atom is 0.414 e. The highest BCUT2D eigenvalue weighted by atomic mass is 16.6. The summed E-state index contributed by atoms with van der Waals surface area (Å²) in [7, 11) is 0. The van der Waals surface area contributed by atoms with Crippen LogP contribution in [0.15, 0.2) is 12.1 Å². The van der Waals surface area contributed by atoms with Crippen molar-refractivity contribution in [1.29, 1.82) is 0 Å². The molecule has 104 valence electrons. The molecule has 0 saturated heterocycles. The Balaban J connectivity index is 2.21. The van der Waals surface area contributed by atoms with Gasteiger partial charge in [-0.15, -0.1) is 0 Å². The topological polar surface area (TPSA) is 42.4 Å². The van der Waals surface area contributed by atoms with E-state index in [-0.39, 0.29) is 6.09 Å². The summed E-state index contributed by atoms with van der Waals surface area (Å²) in [5, 5.41) is 0. The lowest BCUT2D eigenvalue weighted by atomic mass is 10.1. The van der Waals surface area contributed by atoms with E-state index in [1.165, 1.54) is 0 Å². The summed E-state index contributed by atoms with van der Waals surface area (Å²) in [6.07, 6.45) is 0.514. The third kappa shape index (κ3) is 3.06. The first-order valence-corrected chi connectivity index (χ1v) is 6.78. The summed E-state index contributed by atoms with van der Waals surface area (Å²) in [5.41, 5.74) is 2.49. The van der Waals surface area contributed by atoms with Crippen molar-refractivity contribution in [3.63, 3.8) is 0 Å². The molecule has 1 aliphatic rings. The molecule has 0 N–H and O–H groups in total. The summed E-state index contributed by atoms with van der Waals surface area (Å²) in [6.45, 7) is 10.5. The van der Waals surface area contributed by atoms with Crippen LogP contribution in [0.25, 0.3) is 0 Å². The first kappa shape index (κ1) is 13.8. The minimum absolute atomic E-state index is 0.287. The summed E-state index contributed by atoms with van der Waals surface area (Å²) in [4.78, 5) is 18.4. The van der Waals surface area contributed by atoms with Gasteiger partial charge in [-0.1, -0.05) is 13.8 Å². The molecule has 1 amide bonds. The Kier molecular flexibility index (Phi) is 3.52. The van der Waals surface area contributed by atoms with Crippen molar-refractivity contribution in [3.8, 4) is 0 Å². The zero-order chi connectivity index (χ0) is 14.2. The molecule has 4 heteroatoms. The second-order valence-electron chi connectivity index (χ2n) is 6.24. The van der Waals surface area contributed by atoms with Crippen LogP contribution in [0.5, 0.6) is 0 Å². The minimum atomic E-state index is -0.467. The fourth-order valence-corrected chi connectivity index (χ4v) is 2.11. The summed E-state index contributed by atoms with van der Waals surface area (Å²) < 4.78 is 5.42. The third-order valence-electron chi connectivity index (χ3n) is 3.04. The van der Waals surface area contributed by atoms with Crippen molar-refractivity contribution in [3.05, 3.63) is 23.5 Å². The van der Waals surface area contributed by atoms with Crippen molar-refractivity contribution < 1.29 is 9.53 Å². The Morgan fingerprint density at radius 3 is 2.63 bits per heavy atom. The van der Waals surface area contributed by atoms with Gasteiger partial charge >= 0.3 is 6.09 Å². The van der Waals surface area contributed by atoms with Gasteiger partial charge in [0.2, 0.25) is 0 Å². The van der Waals surface area contributed by atoms with E-state index in [9.17, 15) is 4.79 Å². The molecule has 2 rings (SSSR count). The fourth-order valence-electron chi connectivity index (χ4n) is 2.11. The van der Waals surface area contributed by atoms with Crippen molar-refractivity contribution in [2.24, 2.45) is 0 Å². The molecular weight excluding hydrogens is 240 g/mol. The number of carbonyl (C=O) groups is 1. The van der Waals surface area contributed by atoms with E-state index >= 15 is 0 Å². The van der Waals surface area contributed by atoms with Crippen molar-refractivity contribution in [2.45, 2.75) is 52.6 Å². The first-order chi connectivity index (χ1) is 8.78. The predicted octanol–water partition coefficient (Wildman–Crippen LogP) is 3.50. The van der Waals surface area contributed by atoms with Gasteiger partial charge in [0, 0.05) is 18.7 Å². The van der Waals surface area contributed by atoms with E-state index in [1.807, 2.05) is 32.9 Å². The Bertz CT molecular complexity index is 489. The Morgan fingerprint density at radius 2 is 2.05 bits per heavy atom. The maximum absolute atomic E-state index is 12.1. The molecule has 0 saturated carbocycles. The predicted molar refractivity (Wildman–Crippen MR) is 75.6 cm³/mol. The van der Waals surface area contributed by atoms with Crippen LogP contribution in [-0.4, -0.2) is 23.2 Å². The molecular formula is C15H22N2O2. The second kappa shape index (κ2) is 4.83. The largest absolute Gasteiger partial charge is 0.443 e. The number of amides is 1. The van der Waals surface area contributed by atoms with Crippen LogP contribution >= 0.6 is 0 Å². The van der Waals surface area contributed by atoms with Gasteiger partial charge in [-0.3, -0.25) is 9.88 Å². The Hall–Kier alpha value is -1.58. The lowest BCUT2D eigenvalue weighted by molar-refractivity contribution is 0.0584. The van der Waals surface area contributed by atoms with Gasteiger partial charge in [0.05, 0.1) is 11.4 Å². The number of pyridine rings is 1. The van der Waals surface area contributed by atoms with Crippen LogP contribution in [0.2, 0.25) is 0 Å². The van der Waals surface area contributed by atoms with E-state index in [4.69, 9.17) is 4.74 Å². The van der Waals surface area contributed by atoms with Gasteiger partial charge < -0.3 is 4.74 Å². The molecule has 0 unspecified atom stereocenters. The Morgan fingerprint density at radius 1 is 1.37 bits per heavy atom. The molecule has 0 spiro atoms. The number of ether oxygens (including phenoxy) is 1. The normalized spacial score (nSPS) is 14.7. The van der Waals surface area contributed by atoms with Crippen LogP contribution in [0.3, 0.4) is 0 Å². The molecule has 2 heterocycles. The first-order valence-electron chi connectivity index (χ1n) is 6.78. The molecule has 1 aromatic rings. The van der Waals surface area contributed by atoms with Crippen molar-refractivity contribution >= 4 is 11.8 Å². The van der Waals surface area contributed by atoms with Gasteiger partial charge in [-0.2, -0.15) is 0 Å². The van der Waals surface area contributed by atoms with Crippen molar-refractivity contribution in [2.75, 3.05) is 11.4 Å². The van der Waals surface area contributed by atoms with Crippen LogP contribution in [0.1, 0.15) is 51.9 Å². The van der Waals surface area contributed by atoms with Gasteiger partial charge in [0.1, 0.15) is 5.60 Å². The molecule has 0 atom stereocenters. The van der Waals surface area contributed by atoms with E-state index in [0.717, 1.165) is 23.5 Å². The zero-order valence-corrected chi connectivity index (χ0v) is 12.4. The quantitative estimate of drug-likeness (QED) is 0.778. The van der Waals surface area contributed by atoms with Crippen LogP contribution in [-0.2, 0) is 11.2 Å². The third-order valence-corrected chi connectivity index (χ3v) is 3.04. The second-order valence-corrected chi connectivity index (χ2v) is 6.24. The highest BCUT2D eigenvalue weighted by Gasteiger charge is 2.29. The van der Waals surface area contributed by atoms with Gasteiger partial charge in [0.25, 0.3) is 0 Å². The lowest BCUT2D eigenvalue weighted by Crippen LogP contribution is -2.35. The van der Waals surface area contributed by atoms with E-state index < -0.39 is 5.60 Å². The molecule has 0 bridgehead atoms. The smallest absolute Gasteiger partial charge is 0.414 e. The van der Waals surface area contributed by atoms with Gasteiger partial charge in [0.15, 0.2) is 0 Å². The number of hydrogen-bond donors (Lipinski definition) is 0. The molecule has 0 radical (unpaired) electrons. The summed E-state index contributed by atoms with van der Waals surface area (Å²) in [5.74, 6) is 0.404. The molecule has 1 aliphatic heterocycles. The van der Waals surface area contributed by atoms with Crippen LogP contribution in [0, 0.1) is 0 Å². The average molecular weight is 262 g/mol. The summed E-state index contributed by atoms with van der Waals surface area (Å²) in [6, 6.07) is 3.97. The zero-order valence-electron chi connectivity index (χ0n) is 12.4. The van der Waals surface area contributed by atoms with E-state index in [1.54, 1.807) is 4.90 Å². The van der Waals surface area contributed by atoms with Gasteiger partial charge in [-0.05, 0) is 38.8 Å². The van der Waals surface area contributed by atoms with Gasteiger partial charge in [-0.25, -0.2) is 4.79 Å². The molecule has 0 aromatic carbocycles. The minimum Gasteiger partial charge on any atom is -0.443 e. The average Bonchev–Trinajstić information content (AvgIpc) is 2.68. The molecule has 1 aromatic heterocycles. The highest BCUT2D eigenvalue weighted by Crippen LogP contribution is 2.29. The molecule has 19 heavy (non-hydrogen) atoms. The standard InChI is InChI=1S/C15H22N2O2/c1-10(2)11-6-7-13-12(16-11)8-9-17(13)14(18)19-15(3,4)5/h6-7,10H,8-9H2,1-5H3. The number of anilines is 1. The maximum atomic E-state index is 12.1. The fraction of sp³-hybridized carbons (Fsp3) is 0.600. The summed E-state index contributed by atoms with van der Waals surface area (Å²) >= 11 is 0. The Labute approximate surface area is 114 Å². The monoisotopic (exact) mass is 262 g/mol. The number of hydrogen-bond acceptors (Lipinski definition) is 3. The number of nitrogens with zero attached hydrogens (tertiary/aromatic N) is 2. The van der Waals surface area contributed by atoms with E-state index in [2.05, 4.69) is 18.8 Å². The lowest BCUT2D eigenvalue weighted by Gasteiger charge is -2.24. The molecule has 0 fully saturated rings. The van der Waals surface area contributed by atoms with E-state index in [0.29, 0.717) is 12.5 Å². The number of carbonyl (C=O) groups excluding carboxylic acids is 1. The SMILES string of the molecule is CC(C)c1ccc2c(n1)CCN2C(=O)OC(C)(C)C. The number of fused-ring (bicyclic) bond motifs is 1. The van der Waals surface area contributed by atoms with Crippen LogP contribution < -0.4 is 4.90 Å². The molecule has 0 aliphatic carbocycles. The number of aromatic nitrogens is 1. The van der Waals surface area contributed by atoms with Crippen LogP contribution in [0.4, 0.5) is 10.5 Å². The van der Waals surface area contributed by atoms with Crippen molar-refractivity contribution in [1.82, 2.24) is 4.98 Å².